The van der Waals surface area contributed by atoms with E-state index >= 15 is 0 Å². The minimum absolute atomic E-state index is 0.0737. The lowest BCUT2D eigenvalue weighted by Gasteiger charge is -2.22. The van der Waals surface area contributed by atoms with Crippen LogP contribution < -0.4 is 0 Å². The quantitative estimate of drug-likeness (QED) is 0.688. The van der Waals surface area contributed by atoms with E-state index in [9.17, 15) is 9.59 Å². The molecule has 0 aliphatic carbocycles. The number of pyridine rings is 1. The van der Waals surface area contributed by atoms with E-state index < -0.39 is 0 Å². The minimum atomic E-state index is 0.0737. The Labute approximate surface area is 170 Å². The molecule has 1 aromatic carbocycles. The molecule has 3 aromatic rings. The topological polar surface area (TPSA) is 57.9 Å². The van der Waals surface area contributed by atoms with Gasteiger partial charge in [-0.2, -0.15) is 0 Å². The van der Waals surface area contributed by atoms with Crippen LogP contribution in [-0.4, -0.2) is 50.6 Å². The van der Waals surface area contributed by atoms with Crippen molar-refractivity contribution in [2.45, 2.75) is 33.2 Å². The Morgan fingerprint density at radius 2 is 1.97 bits per heavy atom. The molecule has 6 nitrogen and oxygen atoms in total. The SMILES string of the molecule is Cc1cccc(CC(=O)N2CCC(=O)N(Cc3cn4cccc(C)c4n3)CC2)c1. The Morgan fingerprint density at radius 1 is 1.10 bits per heavy atom. The van der Waals surface area contributed by atoms with E-state index in [0.29, 0.717) is 39.0 Å². The molecule has 1 fully saturated rings. The zero-order chi connectivity index (χ0) is 20.4. The smallest absolute Gasteiger partial charge is 0.227 e. The number of aromatic nitrogens is 2. The first-order valence-electron chi connectivity index (χ1n) is 10.0. The number of carbonyl (C=O) groups excluding carboxylic acids is 2. The molecule has 1 aliphatic rings. The van der Waals surface area contributed by atoms with Crippen LogP contribution in [0.2, 0.25) is 0 Å². The van der Waals surface area contributed by atoms with Crippen LogP contribution in [0.4, 0.5) is 0 Å². The highest BCUT2D eigenvalue weighted by Crippen LogP contribution is 2.15. The van der Waals surface area contributed by atoms with Crippen molar-refractivity contribution in [3.63, 3.8) is 0 Å². The van der Waals surface area contributed by atoms with Gasteiger partial charge in [-0.25, -0.2) is 4.98 Å². The summed E-state index contributed by atoms with van der Waals surface area (Å²) in [5.74, 6) is 0.151. The van der Waals surface area contributed by atoms with Gasteiger partial charge in [0.05, 0.1) is 18.7 Å². The number of imidazole rings is 1. The second-order valence-electron chi connectivity index (χ2n) is 7.77. The molecule has 0 spiro atoms. The van der Waals surface area contributed by atoms with Crippen LogP contribution in [-0.2, 0) is 22.6 Å². The molecule has 1 saturated heterocycles. The van der Waals surface area contributed by atoms with Gasteiger partial charge in [0, 0.05) is 38.4 Å². The fourth-order valence-electron chi connectivity index (χ4n) is 3.87. The lowest BCUT2D eigenvalue weighted by Crippen LogP contribution is -2.36. The first-order chi connectivity index (χ1) is 14.0. The normalized spacial score (nSPS) is 15.0. The van der Waals surface area contributed by atoms with Crippen LogP contribution in [0.5, 0.6) is 0 Å². The molecule has 1 aliphatic heterocycles. The van der Waals surface area contributed by atoms with Gasteiger partial charge in [-0.1, -0.05) is 35.9 Å². The summed E-state index contributed by atoms with van der Waals surface area (Å²) in [4.78, 5) is 33.7. The summed E-state index contributed by atoms with van der Waals surface area (Å²) in [6.07, 6.45) is 4.67. The fourth-order valence-corrected chi connectivity index (χ4v) is 3.87. The molecule has 2 aromatic heterocycles. The van der Waals surface area contributed by atoms with Crippen LogP contribution in [0.1, 0.15) is 28.8 Å². The maximum atomic E-state index is 12.7. The monoisotopic (exact) mass is 390 g/mol. The number of amides is 2. The third-order valence-electron chi connectivity index (χ3n) is 5.46. The predicted molar refractivity (Wildman–Crippen MR) is 111 cm³/mol. The Kier molecular flexibility index (Phi) is 5.34. The van der Waals surface area contributed by atoms with Crippen molar-refractivity contribution in [3.8, 4) is 0 Å². The molecule has 0 unspecified atom stereocenters. The van der Waals surface area contributed by atoms with Gasteiger partial charge < -0.3 is 14.2 Å². The van der Waals surface area contributed by atoms with Crippen LogP contribution in [0.3, 0.4) is 0 Å². The molecule has 6 heteroatoms. The summed E-state index contributed by atoms with van der Waals surface area (Å²) in [6.45, 7) is 6.09. The van der Waals surface area contributed by atoms with Gasteiger partial charge in [-0.3, -0.25) is 9.59 Å². The average molecular weight is 390 g/mol. The lowest BCUT2D eigenvalue weighted by molar-refractivity contribution is -0.131. The summed E-state index contributed by atoms with van der Waals surface area (Å²) >= 11 is 0. The number of benzene rings is 1. The van der Waals surface area contributed by atoms with E-state index in [4.69, 9.17) is 0 Å². The maximum Gasteiger partial charge on any atom is 0.227 e. The standard InChI is InChI=1S/C23H26N4O2/c1-17-5-3-7-19(13-17)14-22(29)25-10-8-21(28)26(12-11-25)15-20-16-27-9-4-6-18(2)23(27)24-20/h3-7,9,13,16H,8,10-12,14-15H2,1-2H3. The summed E-state index contributed by atoms with van der Waals surface area (Å²) < 4.78 is 1.99. The third-order valence-corrected chi connectivity index (χ3v) is 5.46. The zero-order valence-corrected chi connectivity index (χ0v) is 17.0. The maximum absolute atomic E-state index is 12.7. The van der Waals surface area contributed by atoms with E-state index in [2.05, 4.69) is 4.98 Å². The van der Waals surface area contributed by atoms with E-state index in [1.165, 1.54) is 0 Å². The van der Waals surface area contributed by atoms with Gasteiger partial charge in [-0.15, -0.1) is 0 Å². The number of hydrogen-bond donors (Lipinski definition) is 0. The van der Waals surface area contributed by atoms with Gasteiger partial charge in [0.15, 0.2) is 0 Å². The van der Waals surface area contributed by atoms with Gasteiger partial charge in [0.25, 0.3) is 0 Å². The second-order valence-corrected chi connectivity index (χ2v) is 7.77. The number of hydrogen-bond acceptors (Lipinski definition) is 3. The molecule has 3 heterocycles. The Balaban J connectivity index is 1.41. The van der Waals surface area contributed by atoms with Crippen molar-refractivity contribution in [1.82, 2.24) is 19.2 Å². The fraction of sp³-hybridized carbons (Fsp3) is 0.348. The number of nitrogens with zero attached hydrogens (tertiary/aromatic N) is 4. The molecular weight excluding hydrogens is 364 g/mol. The number of rotatable bonds is 4. The van der Waals surface area contributed by atoms with Crippen molar-refractivity contribution in [1.29, 1.82) is 0 Å². The predicted octanol–water partition coefficient (Wildman–Crippen LogP) is 2.75. The number of aryl methyl sites for hydroxylation is 2. The van der Waals surface area contributed by atoms with Crippen molar-refractivity contribution in [3.05, 3.63) is 71.2 Å². The first kappa shape index (κ1) is 19.2. The van der Waals surface area contributed by atoms with Crippen LogP contribution in [0.15, 0.2) is 48.8 Å². The Hall–Kier alpha value is -3.15. The van der Waals surface area contributed by atoms with Gasteiger partial charge in [-0.05, 0) is 31.0 Å². The highest BCUT2D eigenvalue weighted by atomic mass is 16.2. The second kappa shape index (κ2) is 8.07. The van der Waals surface area contributed by atoms with E-state index in [-0.39, 0.29) is 11.8 Å². The van der Waals surface area contributed by atoms with Gasteiger partial charge in [0.1, 0.15) is 5.65 Å². The van der Waals surface area contributed by atoms with E-state index in [0.717, 1.165) is 28.0 Å². The Morgan fingerprint density at radius 3 is 2.76 bits per heavy atom. The molecule has 0 saturated carbocycles. The highest BCUT2D eigenvalue weighted by Gasteiger charge is 2.24. The number of fused-ring (bicyclic) bond motifs is 1. The average Bonchev–Trinajstić information content (AvgIpc) is 3.01. The summed E-state index contributed by atoms with van der Waals surface area (Å²) in [7, 11) is 0. The lowest BCUT2D eigenvalue weighted by atomic mass is 10.1. The van der Waals surface area contributed by atoms with Gasteiger partial charge >= 0.3 is 0 Å². The van der Waals surface area contributed by atoms with Crippen LogP contribution in [0, 0.1) is 13.8 Å². The number of carbonyl (C=O) groups is 2. The molecule has 29 heavy (non-hydrogen) atoms. The molecule has 2 amide bonds. The van der Waals surface area contributed by atoms with E-state index in [1.54, 1.807) is 0 Å². The zero-order valence-electron chi connectivity index (χ0n) is 17.0. The van der Waals surface area contributed by atoms with Crippen molar-refractivity contribution in [2.24, 2.45) is 0 Å². The Bertz CT molecular complexity index is 1060. The highest BCUT2D eigenvalue weighted by molar-refractivity contribution is 5.81. The summed E-state index contributed by atoms with van der Waals surface area (Å²) in [5.41, 5.74) is 5.05. The molecule has 0 atom stereocenters. The molecule has 150 valence electrons. The van der Waals surface area contributed by atoms with Crippen molar-refractivity contribution in [2.75, 3.05) is 19.6 Å². The molecular formula is C23H26N4O2. The van der Waals surface area contributed by atoms with Crippen LogP contribution in [0.25, 0.3) is 5.65 Å². The van der Waals surface area contributed by atoms with Crippen LogP contribution >= 0.6 is 0 Å². The third kappa shape index (κ3) is 4.31. The van der Waals surface area contributed by atoms with Crippen molar-refractivity contribution >= 4 is 17.5 Å². The molecule has 0 bridgehead atoms. The van der Waals surface area contributed by atoms with Gasteiger partial charge in [0.2, 0.25) is 11.8 Å². The largest absolute Gasteiger partial charge is 0.340 e. The molecule has 0 N–H and O–H groups in total. The summed E-state index contributed by atoms with van der Waals surface area (Å²) in [6, 6.07) is 12.0. The molecule has 4 rings (SSSR count). The molecule has 0 radical (unpaired) electrons. The van der Waals surface area contributed by atoms with Crippen molar-refractivity contribution < 1.29 is 9.59 Å². The minimum Gasteiger partial charge on any atom is -0.340 e. The van der Waals surface area contributed by atoms with E-state index in [1.807, 2.05) is 76.8 Å². The summed E-state index contributed by atoms with van der Waals surface area (Å²) in [5, 5.41) is 0. The first-order valence-corrected chi connectivity index (χ1v) is 10.0.